The number of amides is 1. The summed E-state index contributed by atoms with van der Waals surface area (Å²) in [6.07, 6.45) is 1.15. The lowest BCUT2D eigenvalue weighted by Gasteiger charge is -2.07. The number of carbonyl (C=O) groups is 2. The largest absolute Gasteiger partial charge is 0.478 e. The van der Waals surface area contributed by atoms with E-state index >= 15 is 0 Å². The molecule has 2 aromatic rings. The molecular weight excluding hydrogens is 260 g/mol. The van der Waals surface area contributed by atoms with Crippen LogP contribution in [0.25, 0.3) is 0 Å². The number of anilines is 1. The molecule has 0 fully saturated rings. The molecule has 0 atom stereocenters. The number of para-hydroxylation sites is 1. The molecule has 0 aliphatic carbocycles. The highest BCUT2D eigenvalue weighted by Gasteiger charge is 2.08. The molecule has 0 saturated carbocycles. The highest BCUT2D eigenvalue weighted by atomic mass is 16.4. The van der Waals surface area contributed by atoms with Crippen LogP contribution in [0.4, 0.5) is 5.69 Å². The molecule has 1 aromatic carbocycles. The first-order chi connectivity index (χ1) is 9.56. The second-order valence-electron chi connectivity index (χ2n) is 4.10. The molecule has 1 amide bonds. The zero-order valence-electron chi connectivity index (χ0n) is 10.4. The minimum Gasteiger partial charge on any atom is -0.478 e. The van der Waals surface area contributed by atoms with Gasteiger partial charge in [-0.1, -0.05) is 18.2 Å². The zero-order chi connectivity index (χ0) is 14.5. The van der Waals surface area contributed by atoms with E-state index in [1.165, 1.54) is 6.07 Å². The van der Waals surface area contributed by atoms with E-state index in [0.717, 1.165) is 16.8 Å². The van der Waals surface area contributed by atoms with Gasteiger partial charge in [-0.05, 0) is 18.2 Å². The molecule has 1 heterocycles. The SMILES string of the molecule is O=C(Cn1cc(C(=O)O)ccc1=O)Nc1ccccc1. The van der Waals surface area contributed by atoms with Crippen molar-refractivity contribution in [2.45, 2.75) is 6.54 Å². The summed E-state index contributed by atoms with van der Waals surface area (Å²) in [4.78, 5) is 34.2. The summed E-state index contributed by atoms with van der Waals surface area (Å²) >= 11 is 0. The summed E-state index contributed by atoms with van der Waals surface area (Å²) in [6.45, 7) is -0.241. The van der Waals surface area contributed by atoms with Gasteiger partial charge in [0.15, 0.2) is 0 Å². The smallest absolute Gasteiger partial charge is 0.337 e. The van der Waals surface area contributed by atoms with Gasteiger partial charge in [-0.25, -0.2) is 4.79 Å². The topological polar surface area (TPSA) is 88.4 Å². The number of hydrogen-bond acceptors (Lipinski definition) is 3. The molecule has 2 rings (SSSR count). The normalized spacial score (nSPS) is 10.0. The van der Waals surface area contributed by atoms with Crippen molar-refractivity contribution in [2.75, 3.05) is 5.32 Å². The molecule has 2 N–H and O–H groups in total. The van der Waals surface area contributed by atoms with Crippen LogP contribution in [0.5, 0.6) is 0 Å². The van der Waals surface area contributed by atoms with E-state index in [9.17, 15) is 14.4 Å². The van der Waals surface area contributed by atoms with Gasteiger partial charge in [-0.2, -0.15) is 0 Å². The highest BCUT2D eigenvalue weighted by Crippen LogP contribution is 2.05. The predicted molar refractivity (Wildman–Crippen MR) is 72.7 cm³/mol. The van der Waals surface area contributed by atoms with Crippen molar-refractivity contribution >= 4 is 17.6 Å². The first-order valence-electron chi connectivity index (χ1n) is 5.85. The monoisotopic (exact) mass is 272 g/mol. The van der Waals surface area contributed by atoms with Crippen LogP contribution in [0.3, 0.4) is 0 Å². The average Bonchev–Trinajstić information content (AvgIpc) is 2.42. The van der Waals surface area contributed by atoms with E-state index in [0.29, 0.717) is 5.69 Å². The third-order valence-electron chi connectivity index (χ3n) is 2.60. The molecule has 0 saturated heterocycles. The number of carbonyl (C=O) groups excluding carboxylic acids is 1. The van der Waals surface area contributed by atoms with Gasteiger partial charge in [-0.3, -0.25) is 9.59 Å². The first-order valence-corrected chi connectivity index (χ1v) is 5.85. The zero-order valence-corrected chi connectivity index (χ0v) is 10.4. The Kier molecular flexibility index (Phi) is 3.95. The Balaban J connectivity index is 2.13. The Morgan fingerprint density at radius 3 is 2.45 bits per heavy atom. The molecule has 1 aromatic heterocycles. The number of hydrogen-bond donors (Lipinski definition) is 2. The number of aromatic nitrogens is 1. The number of nitrogens with one attached hydrogen (secondary N) is 1. The molecule has 20 heavy (non-hydrogen) atoms. The van der Waals surface area contributed by atoms with E-state index in [1.807, 2.05) is 6.07 Å². The van der Waals surface area contributed by atoms with Gasteiger partial charge in [0.25, 0.3) is 5.56 Å². The van der Waals surface area contributed by atoms with Crippen LogP contribution in [-0.4, -0.2) is 21.6 Å². The van der Waals surface area contributed by atoms with Crippen molar-refractivity contribution < 1.29 is 14.7 Å². The fourth-order valence-electron chi connectivity index (χ4n) is 1.66. The lowest BCUT2D eigenvalue weighted by Crippen LogP contribution is -2.27. The Bertz CT molecular complexity index is 692. The van der Waals surface area contributed by atoms with Crippen LogP contribution in [0, 0.1) is 0 Å². The number of nitrogens with zero attached hydrogens (tertiary/aromatic N) is 1. The van der Waals surface area contributed by atoms with Gasteiger partial charge in [0.05, 0.1) is 5.56 Å². The van der Waals surface area contributed by atoms with Gasteiger partial charge >= 0.3 is 5.97 Å². The van der Waals surface area contributed by atoms with Crippen LogP contribution in [0.1, 0.15) is 10.4 Å². The van der Waals surface area contributed by atoms with E-state index in [-0.39, 0.29) is 12.1 Å². The van der Waals surface area contributed by atoms with Crippen LogP contribution >= 0.6 is 0 Å². The van der Waals surface area contributed by atoms with Crippen LogP contribution < -0.4 is 10.9 Å². The number of carboxylic acids is 1. The Labute approximate surface area is 114 Å². The Morgan fingerprint density at radius 1 is 1.10 bits per heavy atom. The molecule has 0 spiro atoms. The van der Waals surface area contributed by atoms with Gasteiger partial charge in [-0.15, -0.1) is 0 Å². The first kappa shape index (κ1) is 13.5. The summed E-state index contributed by atoms with van der Waals surface area (Å²) in [5.41, 5.74) is 0.135. The molecule has 0 aliphatic rings. The maximum Gasteiger partial charge on any atom is 0.337 e. The van der Waals surface area contributed by atoms with Crippen molar-refractivity contribution in [1.82, 2.24) is 4.57 Å². The van der Waals surface area contributed by atoms with Crippen LogP contribution in [-0.2, 0) is 11.3 Å². The van der Waals surface area contributed by atoms with Crippen molar-refractivity contribution in [2.24, 2.45) is 0 Å². The minimum absolute atomic E-state index is 0.0443. The van der Waals surface area contributed by atoms with E-state index in [1.54, 1.807) is 24.3 Å². The molecule has 0 bridgehead atoms. The molecule has 0 aliphatic heterocycles. The minimum atomic E-state index is -1.15. The summed E-state index contributed by atoms with van der Waals surface area (Å²) in [7, 11) is 0. The fourth-order valence-corrected chi connectivity index (χ4v) is 1.66. The standard InChI is InChI=1S/C14H12N2O4/c17-12(15-11-4-2-1-3-5-11)9-16-8-10(14(19)20)6-7-13(16)18/h1-8H,9H2,(H,15,17)(H,19,20). The summed E-state index contributed by atoms with van der Waals surface area (Å²) in [5.74, 6) is -1.55. The summed E-state index contributed by atoms with van der Waals surface area (Å²) < 4.78 is 1.06. The van der Waals surface area contributed by atoms with Gasteiger partial charge in [0.2, 0.25) is 5.91 Å². The van der Waals surface area contributed by atoms with Gasteiger partial charge in [0, 0.05) is 18.0 Å². The van der Waals surface area contributed by atoms with Gasteiger partial charge < -0.3 is 15.0 Å². The average molecular weight is 272 g/mol. The number of pyridine rings is 1. The maximum atomic E-state index is 11.8. The maximum absolute atomic E-state index is 11.8. The Morgan fingerprint density at radius 2 is 1.80 bits per heavy atom. The number of benzene rings is 1. The van der Waals surface area contributed by atoms with E-state index in [4.69, 9.17) is 5.11 Å². The van der Waals surface area contributed by atoms with E-state index in [2.05, 4.69) is 5.32 Å². The third kappa shape index (κ3) is 3.32. The fraction of sp³-hybridized carbons (Fsp3) is 0.0714. The highest BCUT2D eigenvalue weighted by molar-refractivity contribution is 5.91. The van der Waals surface area contributed by atoms with Gasteiger partial charge in [0.1, 0.15) is 6.54 Å². The second-order valence-corrected chi connectivity index (χ2v) is 4.10. The van der Waals surface area contributed by atoms with Crippen molar-refractivity contribution in [3.05, 3.63) is 64.6 Å². The molecule has 0 unspecified atom stereocenters. The van der Waals surface area contributed by atoms with Crippen molar-refractivity contribution in [1.29, 1.82) is 0 Å². The predicted octanol–water partition coefficient (Wildman–Crippen LogP) is 1.19. The molecule has 6 nitrogen and oxygen atoms in total. The molecule has 0 radical (unpaired) electrons. The van der Waals surface area contributed by atoms with E-state index < -0.39 is 17.4 Å². The number of rotatable bonds is 4. The molecule has 102 valence electrons. The Hall–Kier alpha value is -2.89. The summed E-state index contributed by atoms with van der Waals surface area (Å²) in [5, 5.41) is 11.5. The summed E-state index contributed by atoms with van der Waals surface area (Å²) in [6, 6.07) is 11.1. The van der Waals surface area contributed by atoms with Crippen LogP contribution in [0.15, 0.2) is 53.5 Å². The second kappa shape index (κ2) is 5.83. The number of carboxylic acid groups (broad SMARTS) is 1. The van der Waals surface area contributed by atoms with Crippen LogP contribution in [0.2, 0.25) is 0 Å². The quantitative estimate of drug-likeness (QED) is 0.874. The number of aromatic carboxylic acids is 1. The van der Waals surface area contributed by atoms with Crippen molar-refractivity contribution in [3.63, 3.8) is 0 Å². The third-order valence-corrected chi connectivity index (χ3v) is 2.60. The van der Waals surface area contributed by atoms with Crippen molar-refractivity contribution in [3.8, 4) is 0 Å². The lowest BCUT2D eigenvalue weighted by molar-refractivity contribution is -0.116. The molecular formula is C14H12N2O4. The molecule has 6 heteroatoms. The lowest BCUT2D eigenvalue weighted by atomic mass is 10.3.